The van der Waals surface area contributed by atoms with E-state index in [1.807, 2.05) is 71.0 Å². The summed E-state index contributed by atoms with van der Waals surface area (Å²) in [5.41, 5.74) is 5.20. The molecule has 1 aliphatic rings. The zero-order valence-electron chi connectivity index (χ0n) is 25.1. The molecule has 0 spiro atoms. The molecule has 0 bridgehead atoms. The zero-order chi connectivity index (χ0) is 30.4. The number of urea groups is 1. The SMILES string of the molecule is CCOc1ccc(-c2ccc(C(=O)N[C@H](C(=O)O)C3(C)CCCCC3)c(NC(=O)Nc3c(C)cc(C)cc3C)c2)cc1. The minimum Gasteiger partial charge on any atom is -0.494 e. The number of anilines is 2. The Morgan fingerprint density at radius 2 is 1.50 bits per heavy atom. The first-order chi connectivity index (χ1) is 20.0. The molecule has 1 aliphatic carbocycles. The number of aliphatic carboxylic acids is 1. The molecule has 1 atom stereocenters. The lowest BCUT2D eigenvalue weighted by Crippen LogP contribution is -2.52. The number of aryl methyl sites for hydroxylation is 3. The van der Waals surface area contributed by atoms with Gasteiger partial charge in [-0.1, -0.05) is 62.1 Å². The number of amides is 3. The third-order valence-electron chi connectivity index (χ3n) is 8.14. The number of carboxylic acid groups (broad SMARTS) is 1. The van der Waals surface area contributed by atoms with Gasteiger partial charge in [0.1, 0.15) is 11.8 Å². The number of nitrogens with one attached hydrogen (secondary N) is 3. The summed E-state index contributed by atoms with van der Waals surface area (Å²) in [6.07, 6.45) is 4.37. The third-order valence-corrected chi connectivity index (χ3v) is 8.14. The van der Waals surface area contributed by atoms with Crippen LogP contribution in [0.3, 0.4) is 0 Å². The van der Waals surface area contributed by atoms with Gasteiger partial charge in [0.05, 0.1) is 17.9 Å². The highest BCUT2D eigenvalue weighted by Crippen LogP contribution is 2.39. The van der Waals surface area contributed by atoms with Gasteiger partial charge in [-0.05, 0) is 92.5 Å². The molecule has 3 aromatic carbocycles. The Balaban J connectivity index is 1.67. The van der Waals surface area contributed by atoms with E-state index in [0.717, 1.165) is 65.7 Å². The van der Waals surface area contributed by atoms with Gasteiger partial charge in [-0.25, -0.2) is 9.59 Å². The van der Waals surface area contributed by atoms with Gasteiger partial charge in [-0.2, -0.15) is 0 Å². The van der Waals surface area contributed by atoms with Gasteiger partial charge in [-0.15, -0.1) is 0 Å². The van der Waals surface area contributed by atoms with Crippen molar-refractivity contribution in [2.45, 2.75) is 72.8 Å². The largest absolute Gasteiger partial charge is 0.494 e. The van der Waals surface area contributed by atoms with Gasteiger partial charge in [0.25, 0.3) is 5.91 Å². The van der Waals surface area contributed by atoms with E-state index in [0.29, 0.717) is 12.3 Å². The number of hydrogen-bond acceptors (Lipinski definition) is 4. The number of carbonyl (C=O) groups is 3. The Kier molecular flexibility index (Phi) is 9.55. The molecule has 0 saturated heterocycles. The van der Waals surface area contributed by atoms with Crippen LogP contribution in [-0.4, -0.2) is 35.7 Å². The first kappa shape index (κ1) is 30.6. The summed E-state index contributed by atoms with van der Waals surface area (Å²) in [5.74, 6) is -0.864. The van der Waals surface area contributed by atoms with E-state index in [2.05, 4.69) is 16.0 Å². The lowest BCUT2D eigenvalue weighted by atomic mass is 9.70. The summed E-state index contributed by atoms with van der Waals surface area (Å²) >= 11 is 0. The highest BCUT2D eigenvalue weighted by atomic mass is 16.5. The van der Waals surface area contributed by atoms with Crippen molar-refractivity contribution >= 4 is 29.3 Å². The number of ether oxygens (including phenoxy) is 1. The Hall–Kier alpha value is -4.33. The van der Waals surface area contributed by atoms with Crippen LogP contribution in [-0.2, 0) is 4.79 Å². The van der Waals surface area contributed by atoms with Crippen LogP contribution in [0.15, 0.2) is 54.6 Å². The first-order valence-electron chi connectivity index (χ1n) is 14.6. The molecule has 1 fully saturated rings. The van der Waals surface area contributed by atoms with Crippen LogP contribution >= 0.6 is 0 Å². The average Bonchev–Trinajstić information content (AvgIpc) is 2.94. The van der Waals surface area contributed by atoms with E-state index < -0.39 is 29.4 Å². The van der Waals surface area contributed by atoms with Crippen LogP contribution < -0.4 is 20.7 Å². The van der Waals surface area contributed by atoms with Crippen molar-refractivity contribution in [1.29, 1.82) is 0 Å². The molecular weight excluding hydrogens is 530 g/mol. The average molecular weight is 572 g/mol. The van der Waals surface area contributed by atoms with Crippen LogP contribution in [0.2, 0.25) is 0 Å². The maximum atomic E-state index is 13.7. The van der Waals surface area contributed by atoms with Gasteiger partial charge in [-0.3, -0.25) is 4.79 Å². The molecular formula is C34H41N3O5. The van der Waals surface area contributed by atoms with Gasteiger partial charge in [0.15, 0.2) is 0 Å². The topological polar surface area (TPSA) is 117 Å². The standard InChI is InChI=1S/C34H41N3O5/c1-6-42-26-13-10-24(11-14-26)25-12-15-27(31(38)37-30(32(39)40)34(5)16-8-7-9-17-34)28(20-25)35-33(41)36-29-22(3)18-21(2)19-23(29)4/h10-15,18-20,30H,6-9,16-17H2,1-5H3,(H,37,38)(H,39,40)(H2,35,36,41)/t30-/m1/s1. The Morgan fingerprint density at radius 3 is 2.10 bits per heavy atom. The highest BCUT2D eigenvalue weighted by molar-refractivity contribution is 6.08. The predicted molar refractivity (Wildman–Crippen MR) is 166 cm³/mol. The normalized spacial score (nSPS) is 14.9. The maximum absolute atomic E-state index is 13.7. The Morgan fingerprint density at radius 1 is 0.881 bits per heavy atom. The fraction of sp³-hybridized carbons (Fsp3) is 0.382. The quantitative estimate of drug-likeness (QED) is 0.212. The summed E-state index contributed by atoms with van der Waals surface area (Å²) < 4.78 is 5.56. The first-order valence-corrected chi connectivity index (χ1v) is 14.6. The molecule has 3 aromatic rings. The van der Waals surface area contributed by atoms with Crippen LogP contribution in [0.5, 0.6) is 5.75 Å². The van der Waals surface area contributed by atoms with Crippen LogP contribution in [0.25, 0.3) is 11.1 Å². The molecule has 4 rings (SSSR count). The smallest absolute Gasteiger partial charge is 0.326 e. The van der Waals surface area contributed by atoms with E-state index in [1.165, 1.54) is 0 Å². The number of rotatable bonds is 9. The molecule has 3 amide bonds. The zero-order valence-corrected chi connectivity index (χ0v) is 25.1. The lowest BCUT2D eigenvalue weighted by Gasteiger charge is -2.38. The number of benzene rings is 3. The minimum absolute atomic E-state index is 0.183. The van der Waals surface area contributed by atoms with E-state index >= 15 is 0 Å². The Labute approximate surface area is 247 Å². The molecule has 42 heavy (non-hydrogen) atoms. The molecule has 0 aliphatic heterocycles. The van der Waals surface area contributed by atoms with Gasteiger partial charge < -0.3 is 25.8 Å². The number of carboxylic acids is 1. The van der Waals surface area contributed by atoms with E-state index in [9.17, 15) is 19.5 Å². The van der Waals surface area contributed by atoms with Crippen molar-refractivity contribution < 1.29 is 24.2 Å². The van der Waals surface area contributed by atoms with E-state index in [4.69, 9.17) is 4.74 Å². The summed E-state index contributed by atoms with van der Waals surface area (Å²) in [6, 6.07) is 15.1. The number of hydrogen-bond donors (Lipinski definition) is 4. The molecule has 8 nitrogen and oxygen atoms in total. The van der Waals surface area contributed by atoms with Crippen LogP contribution in [0.1, 0.15) is 73.0 Å². The van der Waals surface area contributed by atoms with E-state index in [1.54, 1.807) is 18.2 Å². The summed E-state index contributed by atoms with van der Waals surface area (Å²) in [7, 11) is 0. The monoisotopic (exact) mass is 571 g/mol. The van der Waals surface area contributed by atoms with Crippen molar-refractivity contribution in [3.8, 4) is 16.9 Å². The molecule has 8 heteroatoms. The molecule has 0 unspecified atom stereocenters. The fourth-order valence-electron chi connectivity index (χ4n) is 5.97. The van der Waals surface area contributed by atoms with E-state index in [-0.39, 0.29) is 11.3 Å². The second-order valence-corrected chi connectivity index (χ2v) is 11.5. The predicted octanol–water partition coefficient (Wildman–Crippen LogP) is 7.47. The maximum Gasteiger partial charge on any atom is 0.326 e. The van der Waals surface area contributed by atoms with Gasteiger partial charge in [0.2, 0.25) is 0 Å². The van der Waals surface area contributed by atoms with Crippen molar-refractivity contribution in [3.05, 3.63) is 76.9 Å². The number of carbonyl (C=O) groups excluding carboxylic acids is 2. The van der Waals surface area contributed by atoms with Crippen LogP contribution in [0, 0.1) is 26.2 Å². The molecule has 0 aromatic heterocycles. The summed E-state index contributed by atoms with van der Waals surface area (Å²) in [4.78, 5) is 39.3. The van der Waals surface area contributed by atoms with Gasteiger partial charge >= 0.3 is 12.0 Å². The second-order valence-electron chi connectivity index (χ2n) is 11.5. The molecule has 4 N–H and O–H groups in total. The molecule has 222 valence electrons. The molecule has 1 saturated carbocycles. The van der Waals surface area contributed by atoms with Gasteiger partial charge in [0, 0.05) is 5.69 Å². The molecule has 0 heterocycles. The lowest BCUT2D eigenvalue weighted by molar-refractivity contribution is -0.143. The van der Waals surface area contributed by atoms with Crippen molar-refractivity contribution in [3.63, 3.8) is 0 Å². The highest BCUT2D eigenvalue weighted by Gasteiger charge is 2.41. The van der Waals surface area contributed by atoms with Crippen molar-refractivity contribution in [1.82, 2.24) is 5.32 Å². The van der Waals surface area contributed by atoms with Crippen molar-refractivity contribution in [2.24, 2.45) is 5.41 Å². The molecule has 0 radical (unpaired) electrons. The summed E-state index contributed by atoms with van der Waals surface area (Å²) in [6.45, 7) is 10.3. The summed E-state index contributed by atoms with van der Waals surface area (Å²) in [5, 5.41) is 18.7. The Bertz CT molecular complexity index is 1440. The minimum atomic E-state index is -1.06. The van der Waals surface area contributed by atoms with Crippen molar-refractivity contribution in [2.75, 3.05) is 17.2 Å². The fourth-order valence-corrected chi connectivity index (χ4v) is 5.97. The third kappa shape index (κ3) is 7.11. The second kappa shape index (κ2) is 13.1. The van der Waals surface area contributed by atoms with Crippen LogP contribution in [0.4, 0.5) is 16.2 Å².